The normalized spacial score (nSPS) is 25.6. The van der Waals surface area contributed by atoms with Crippen LogP contribution in [0.15, 0.2) is 0 Å². The van der Waals surface area contributed by atoms with Gasteiger partial charge in [-0.3, -0.25) is 9.59 Å². The Kier molecular flexibility index (Phi) is 5.02. The first kappa shape index (κ1) is 13.3. The number of piperidine rings is 1. The van der Waals surface area contributed by atoms with Crippen molar-refractivity contribution >= 4 is 24.2 Å². The lowest BCUT2D eigenvalue weighted by Gasteiger charge is -2.31. The molecule has 2 rings (SSSR count). The van der Waals surface area contributed by atoms with Crippen molar-refractivity contribution in [2.45, 2.75) is 12.8 Å². The van der Waals surface area contributed by atoms with Gasteiger partial charge in [0.15, 0.2) is 0 Å². The average molecular weight is 248 g/mol. The van der Waals surface area contributed by atoms with Gasteiger partial charge < -0.3 is 15.5 Å². The Hall–Kier alpha value is -0.810. The van der Waals surface area contributed by atoms with Crippen molar-refractivity contribution in [3.8, 4) is 0 Å². The van der Waals surface area contributed by atoms with E-state index in [4.69, 9.17) is 0 Å². The first-order chi connectivity index (χ1) is 7.27. The third-order valence-electron chi connectivity index (χ3n) is 3.00. The molecule has 1 unspecified atom stereocenters. The third kappa shape index (κ3) is 3.09. The highest BCUT2D eigenvalue weighted by molar-refractivity contribution is 5.87. The Labute approximate surface area is 101 Å². The zero-order valence-electron chi connectivity index (χ0n) is 9.20. The zero-order chi connectivity index (χ0) is 10.7. The molecule has 0 spiro atoms. The largest absolute Gasteiger partial charge is 0.353 e. The van der Waals surface area contributed by atoms with Crippen LogP contribution in [0, 0.1) is 5.92 Å². The van der Waals surface area contributed by atoms with Crippen LogP contribution in [0.5, 0.6) is 0 Å². The van der Waals surface area contributed by atoms with Crippen molar-refractivity contribution in [3.63, 3.8) is 0 Å². The Morgan fingerprint density at radius 1 is 1.38 bits per heavy atom. The number of nitrogens with zero attached hydrogens (tertiary/aromatic N) is 1. The highest BCUT2D eigenvalue weighted by atomic mass is 35.5. The van der Waals surface area contributed by atoms with Gasteiger partial charge in [0.25, 0.3) is 0 Å². The standard InChI is InChI=1S/C10H17N3O2.ClH/c14-9-7-13(5-4-12-9)10(15)8-2-1-3-11-6-8;/h8,11H,1-7H2,(H,12,14);1H. The zero-order valence-corrected chi connectivity index (χ0v) is 10.0. The van der Waals surface area contributed by atoms with E-state index in [-0.39, 0.29) is 36.7 Å². The van der Waals surface area contributed by atoms with Crippen LogP contribution in [0.1, 0.15) is 12.8 Å². The van der Waals surface area contributed by atoms with E-state index >= 15 is 0 Å². The molecule has 2 heterocycles. The van der Waals surface area contributed by atoms with E-state index in [1.807, 2.05) is 0 Å². The fourth-order valence-electron chi connectivity index (χ4n) is 2.15. The van der Waals surface area contributed by atoms with E-state index in [9.17, 15) is 9.59 Å². The van der Waals surface area contributed by atoms with E-state index in [1.165, 1.54) is 0 Å². The Balaban J connectivity index is 0.00000128. The van der Waals surface area contributed by atoms with Gasteiger partial charge in [-0.2, -0.15) is 0 Å². The summed E-state index contributed by atoms with van der Waals surface area (Å²) < 4.78 is 0. The molecule has 6 heteroatoms. The summed E-state index contributed by atoms with van der Waals surface area (Å²) in [6, 6.07) is 0. The van der Waals surface area contributed by atoms with Crippen LogP contribution >= 0.6 is 12.4 Å². The molecule has 0 radical (unpaired) electrons. The molecule has 1 atom stereocenters. The van der Waals surface area contributed by atoms with E-state index in [1.54, 1.807) is 4.90 Å². The third-order valence-corrected chi connectivity index (χ3v) is 3.00. The lowest BCUT2D eigenvalue weighted by Crippen LogP contribution is -2.53. The van der Waals surface area contributed by atoms with Gasteiger partial charge in [0, 0.05) is 19.6 Å². The first-order valence-electron chi connectivity index (χ1n) is 5.53. The number of hydrogen-bond donors (Lipinski definition) is 2. The van der Waals surface area contributed by atoms with Crippen molar-refractivity contribution < 1.29 is 9.59 Å². The van der Waals surface area contributed by atoms with Crippen molar-refractivity contribution in [2.75, 3.05) is 32.7 Å². The molecule has 0 aromatic heterocycles. The summed E-state index contributed by atoms with van der Waals surface area (Å²) >= 11 is 0. The fourth-order valence-corrected chi connectivity index (χ4v) is 2.15. The Morgan fingerprint density at radius 2 is 2.19 bits per heavy atom. The van der Waals surface area contributed by atoms with Crippen LogP contribution in [0.4, 0.5) is 0 Å². The van der Waals surface area contributed by atoms with E-state index in [0.717, 1.165) is 25.9 Å². The maximum atomic E-state index is 12.0. The van der Waals surface area contributed by atoms with Crippen molar-refractivity contribution in [1.82, 2.24) is 15.5 Å². The summed E-state index contributed by atoms with van der Waals surface area (Å²) in [6.45, 7) is 3.24. The van der Waals surface area contributed by atoms with Crippen molar-refractivity contribution in [3.05, 3.63) is 0 Å². The Morgan fingerprint density at radius 3 is 2.81 bits per heavy atom. The number of amides is 2. The second kappa shape index (κ2) is 6.06. The molecule has 92 valence electrons. The molecule has 0 aromatic rings. The maximum absolute atomic E-state index is 12.0. The summed E-state index contributed by atoms with van der Waals surface area (Å²) in [5, 5.41) is 5.94. The van der Waals surface area contributed by atoms with Gasteiger partial charge in [-0.1, -0.05) is 0 Å². The van der Waals surface area contributed by atoms with Crippen molar-refractivity contribution in [2.24, 2.45) is 5.92 Å². The van der Waals surface area contributed by atoms with Crippen molar-refractivity contribution in [1.29, 1.82) is 0 Å². The van der Waals surface area contributed by atoms with E-state index in [0.29, 0.717) is 13.1 Å². The fraction of sp³-hybridized carbons (Fsp3) is 0.800. The van der Waals surface area contributed by atoms with Crippen LogP contribution in [-0.2, 0) is 9.59 Å². The quantitative estimate of drug-likeness (QED) is 0.649. The highest BCUT2D eigenvalue weighted by Gasteiger charge is 2.28. The molecule has 2 saturated heterocycles. The number of piperazine rings is 1. The highest BCUT2D eigenvalue weighted by Crippen LogP contribution is 2.13. The summed E-state index contributed by atoms with van der Waals surface area (Å²) in [7, 11) is 0. The van der Waals surface area contributed by atoms with E-state index in [2.05, 4.69) is 10.6 Å². The van der Waals surface area contributed by atoms with Crippen LogP contribution in [0.2, 0.25) is 0 Å². The average Bonchev–Trinajstić information content (AvgIpc) is 2.29. The second-order valence-electron chi connectivity index (χ2n) is 4.15. The lowest BCUT2D eigenvalue weighted by molar-refractivity contribution is -0.141. The minimum atomic E-state index is -0.0432. The second-order valence-corrected chi connectivity index (χ2v) is 4.15. The van der Waals surface area contributed by atoms with Gasteiger partial charge in [-0.25, -0.2) is 0 Å². The molecule has 5 nitrogen and oxygen atoms in total. The molecule has 2 N–H and O–H groups in total. The van der Waals surface area contributed by atoms with Gasteiger partial charge in [-0.05, 0) is 19.4 Å². The molecule has 2 amide bonds. The topological polar surface area (TPSA) is 61.4 Å². The molecule has 2 fully saturated rings. The van der Waals surface area contributed by atoms with Gasteiger partial charge in [-0.15, -0.1) is 12.4 Å². The monoisotopic (exact) mass is 247 g/mol. The van der Waals surface area contributed by atoms with Gasteiger partial charge in [0.05, 0.1) is 12.5 Å². The SMILES string of the molecule is Cl.O=C1CN(C(=O)C2CCCNC2)CCN1. The summed E-state index contributed by atoms with van der Waals surface area (Å²) in [5.41, 5.74) is 0. The van der Waals surface area contributed by atoms with Gasteiger partial charge in [0.1, 0.15) is 0 Å². The molecule has 16 heavy (non-hydrogen) atoms. The summed E-state index contributed by atoms with van der Waals surface area (Å²) in [5.74, 6) is 0.167. The molecule has 0 aliphatic carbocycles. The molecular weight excluding hydrogens is 230 g/mol. The van der Waals surface area contributed by atoms with Crippen LogP contribution in [0.25, 0.3) is 0 Å². The number of nitrogens with one attached hydrogen (secondary N) is 2. The number of hydrogen-bond acceptors (Lipinski definition) is 3. The van der Waals surface area contributed by atoms with Crippen LogP contribution in [0.3, 0.4) is 0 Å². The number of rotatable bonds is 1. The molecule has 0 aromatic carbocycles. The lowest BCUT2D eigenvalue weighted by atomic mass is 9.98. The maximum Gasteiger partial charge on any atom is 0.239 e. The molecule has 0 bridgehead atoms. The predicted octanol–water partition coefficient (Wildman–Crippen LogP) is -0.634. The summed E-state index contributed by atoms with van der Waals surface area (Å²) in [4.78, 5) is 24.8. The van der Waals surface area contributed by atoms with Crippen LogP contribution < -0.4 is 10.6 Å². The molecule has 2 aliphatic heterocycles. The minimum absolute atomic E-state index is 0. The number of halogens is 1. The van der Waals surface area contributed by atoms with Gasteiger partial charge in [0.2, 0.25) is 11.8 Å². The molecule has 0 saturated carbocycles. The number of carbonyl (C=O) groups excluding carboxylic acids is 2. The van der Waals surface area contributed by atoms with Crippen LogP contribution in [-0.4, -0.2) is 49.4 Å². The number of carbonyl (C=O) groups is 2. The Bertz CT molecular complexity index is 267. The first-order valence-corrected chi connectivity index (χ1v) is 5.53. The molecular formula is C10H18ClN3O2. The minimum Gasteiger partial charge on any atom is -0.353 e. The van der Waals surface area contributed by atoms with E-state index < -0.39 is 0 Å². The predicted molar refractivity (Wildman–Crippen MR) is 62.4 cm³/mol. The smallest absolute Gasteiger partial charge is 0.239 e. The summed E-state index contributed by atoms with van der Waals surface area (Å²) in [6.07, 6.45) is 2.00. The molecule has 2 aliphatic rings. The van der Waals surface area contributed by atoms with Gasteiger partial charge >= 0.3 is 0 Å².